The van der Waals surface area contributed by atoms with Crippen molar-refractivity contribution < 1.29 is 18.7 Å². The summed E-state index contributed by atoms with van der Waals surface area (Å²) < 4.78 is 26.3. The van der Waals surface area contributed by atoms with Crippen molar-refractivity contribution in [3.63, 3.8) is 0 Å². The number of fused-ring (bicyclic) bond motifs is 1. The van der Waals surface area contributed by atoms with Gasteiger partial charge in [-0.05, 0) is 49.4 Å². The first-order valence-electron chi connectivity index (χ1n) is 9.74. The van der Waals surface area contributed by atoms with Crippen LogP contribution in [-0.2, 0) is 0 Å². The number of nitrogens with one attached hydrogen (secondary N) is 1. The molecule has 4 aromatic rings. The molecule has 3 aromatic carbocycles. The molecule has 0 aliphatic carbocycles. The van der Waals surface area contributed by atoms with Crippen LogP contribution in [0.2, 0.25) is 0 Å². The van der Waals surface area contributed by atoms with Gasteiger partial charge in [-0.2, -0.15) is 0 Å². The summed E-state index contributed by atoms with van der Waals surface area (Å²) >= 11 is 0. The lowest BCUT2D eigenvalue weighted by molar-refractivity contribution is 0.102. The lowest BCUT2D eigenvalue weighted by Gasteiger charge is -2.14. The number of nitrogens with zero attached hydrogens (tertiary/aromatic N) is 2. The molecule has 0 atom stereocenters. The number of halogens is 1. The van der Waals surface area contributed by atoms with Crippen LogP contribution in [0.15, 0.2) is 65.5 Å². The van der Waals surface area contributed by atoms with Crippen LogP contribution in [-0.4, -0.2) is 29.7 Å². The van der Waals surface area contributed by atoms with Crippen molar-refractivity contribution in [1.82, 2.24) is 9.55 Å². The zero-order chi connectivity index (χ0) is 22.8. The van der Waals surface area contributed by atoms with Crippen molar-refractivity contribution in [1.29, 1.82) is 0 Å². The standard InChI is InChI=1S/C24H20FN3O4/c1-14-26-20-7-5-4-6-17(20)24(30)28(14)15-8-11-19(25)21(12-15)27-23(29)18-10-9-16(31-2)13-22(18)32-3/h4-13H,1-3H3,(H,27,29). The number of para-hydroxylation sites is 1. The summed E-state index contributed by atoms with van der Waals surface area (Å²) in [6.45, 7) is 1.69. The van der Waals surface area contributed by atoms with Crippen molar-refractivity contribution in [2.75, 3.05) is 19.5 Å². The lowest BCUT2D eigenvalue weighted by Crippen LogP contribution is -2.22. The van der Waals surface area contributed by atoms with Crippen LogP contribution >= 0.6 is 0 Å². The Morgan fingerprint density at radius 2 is 1.81 bits per heavy atom. The van der Waals surface area contributed by atoms with Gasteiger partial charge < -0.3 is 14.8 Å². The highest BCUT2D eigenvalue weighted by atomic mass is 19.1. The van der Waals surface area contributed by atoms with Crippen LogP contribution < -0.4 is 20.3 Å². The van der Waals surface area contributed by atoms with E-state index in [1.54, 1.807) is 43.3 Å². The molecule has 0 saturated heterocycles. The van der Waals surface area contributed by atoms with Gasteiger partial charge in [0, 0.05) is 6.07 Å². The molecule has 0 radical (unpaired) electrons. The van der Waals surface area contributed by atoms with Crippen LogP contribution in [0.4, 0.5) is 10.1 Å². The van der Waals surface area contributed by atoms with E-state index < -0.39 is 11.7 Å². The first kappa shape index (κ1) is 21.0. The number of aryl methyl sites for hydroxylation is 1. The molecule has 1 amide bonds. The molecule has 0 saturated carbocycles. The van der Waals surface area contributed by atoms with Crippen molar-refractivity contribution in [2.24, 2.45) is 0 Å². The molecule has 4 rings (SSSR count). The highest BCUT2D eigenvalue weighted by Crippen LogP contribution is 2.27. The number of anilines is 1. The van der Waals surface area contributed by atoms with Gasteiger partial charge in [0.1, 0.15) is 23.1 Å². The van der Waals surface area contributed by atoms with E-state index in [4.69, 9.17) is 9.47 Å². The smallest absolute Gasteiger partial charge is 0.265 e. The van der Waals surface area contributed by atoms with Gasteiger partial charge in [0.2, 0.25) is 0 Å². The Hall–Kier alpha value is -4.20. The molecule has 0 aliphatic heterocycles. The van der Waals surface area contributed by atoms with Gasteiger partial charge >= 0.3 is 0 Å². The van der Waals surface area contributed by atoms with Crippen molar-refractivity contribution in [3.05, 3.63) is 88.2 Å². The Morgan fingerprint density at radius 1 is 1.03 bits per heavy atom. The summed E-state index contributed by atoms with van der Waals surface area (Å²) in [5.74, 6) is 0.0270. The lowest BCUT2D eigenvalue weighted by atomic mass is 10.1. The van der Waals surface area contributed by atoms with E-state index in [9.17, 15) is 14.0 Å². The molecule has 32 heavy (non-hydrogen) atoms. The van der Waals surface area contributed by atoms with Crippen LogP contribution in [0.5, 0.6) is 11.5 Å². The quantitative estimate of drug-likeness (QED) is 0.512. The second-order valence-electron chi connectivity index (χ2n) is 7.00. The molecule has 0 fully saturated rings. The monoisotopic (exact) mass is 433 g/mol. The maximum Gasteiger partial charge on any atom is 0.265 e. The third-order valence-corrected chi connectivity index (χ3v) is 5.05. The summed E-state index contributed by atoms with van der Waals surface area (Å²) in [4.78, 5) is 30.3. The number of amides is 1. The van der Waals surface area contributed by atoms with Gasteiger partial charge in [-0.15, -0.1) is 0 Å². The molecular formula is C24H20FN3O4. The predicted octanol–water partition coefficient (Wildman–Crippen LogP) is 4.10. The third kappa shape index (κ3) is 3.78. The maximum atomic E-state index is 14.5. The fourth-order valence-electron chi connectivity index (χ4n) is 3.47. The van der Waals surface area contributed by atoms with Crippen LogP contribution in [0, 0.1) is 12.7 Å². The first-order chi connectivity index (χ1) is 15.4. The van der Waals surface area contributed by atoms with E-state index in [2.05, 4.69) is 10.3 Å². The normalized spacial score (nSPS) is 10.8. The summed E-state index contributed by atoms with van der Waals surface area (Å²) in [5, 5.41) is 3.00. The minimum atomic E-state index is -0.644. The van der Waals surface area contributed by atoms with E-state index in [0.29, 0.717) is 28.2 Å². The average Bonchev–Trinajstić information content (AvgIpc) is 2.80. The zero-order valence-electron chi connectivity index (χ0n) is 17.7. The summed E-state index contributed by atoms with van der Waals surface area (Å²) in [5.41, 5.74) is 0.801. The minimum absolute atomic E-state index is 0.0789. The number of carbonyl (C=O) groups excluding carboxylic acids is 1. The molecule has 0 spiro atoms. The number of hydrogen-bond donors (Lipinski definition) is 1. The van der Waals surface area contributed by atoms with Crippen molar-refractivity contribution in [3.8, 4) is 17.2 Å². The number of ether oxygens (including phenoxy) is 2. The Kier molecular flexibility index (Phi) is 5.59. The number of carbonyl (C=O) groups is 1. The fourth-order valence-corrected chi connectivity index (χ4v) is 3.47. The van der Waals surface area contributed by atoms with E-state index in [1.807, 2.05) is 0 Å². The Morgan fingerprint density at radius 3 is 2.56 bits per heavy atom. The summed E-state index contributed by atoms with van der Waals surface area (Å²) in [6.07, 6.45) is 0. The zero-order valence-corrected chi connectivity index (χ0v) is 17.7. The summed E-state index contributed by atoms with van der Waals surface area (Å²) in [6, 6.07) is 15.7. The number of hydrogen-bond acceptors (Lipinski definition) is 5. The Bertz CT molecular complexity index is 1400. The third-order valence-electron chi connectivity index (χ3n) is 5.05. The largest absolute Gasteiger partial charge is 0.497 e. The van der Waals surface area contributed by atoms with E-state index >= 15 is 0 Å². The van der Waals surface area contributed by atoms with Gasteiger partial charge in [-0.25, -0.2) is 9.37 Å². The molecular weight excluding hydrogens is 413 g/mol. The van der Waals surface area contributed by atoms with Crippen LogP contribution in [0.3, 0.4) is 0 Å². The molecule has 1 heterocycles. The SMILES string of the molecule is COc1ccc(C(=O)Nc2cc(-n3c(C)nc4ccccc4c3=O)ccc2F)c(OC)c1. The fraction of sp³-hybridized carbons (Fsp3) is 0.125. The van der Waals surface area contributed by atoms with E-state index in [1.165, 1.54) is 43.1 Å². The molecule has 0 bridgehead atoms. The van der Waals surface area contributed by atoms with Gasteiger partial charge in [-0.1, -0.05) is 12.1 Å². The molecule has 8 heteroatoms. The molecule has 1 aromatic heterocycles. The van der Waals surface area contributed by atoms with Crippen LogP contribution in [0.1, 0.15) is 16.2 Å². The maximum absolute atomic E-state index is 14.5. The van der Waals surface area contributed by atoms with E-state index in [-0.39, 0.29) is 22.6 Å². The van der Waals surface area contributed by atoms with Crippen molar-refractivity contribution in [2.45, 2.75) is 6.92 Å². The predicted molar refractivity (Wildman–Crippen MR) is 120 cm³/mol. The summed E-state index contributed by atoms with van der Waals surface area (Å²) in [7, 11) is 2.93. The van der Waals surface area contributed by atoms with Crippen molar-refractivity contribution >= 4 is 22.5 Å². The van der Waals surface area contributed by atoms with Gasteiger partial charge in [-0.3, -0.25) is 14.2 Å². The molecule has 162 valence electrons. The van der Waals surface area contributed by atoms with Crippen LogP contribution in [0.25, 0.3) is 16.6 Å². The molecule has 0 unspecified atom stereocenters. The highest BCUT2D eigenvalue weighted by molar-refractivity contribution is 6.06. The van der Waals surface area contributed by atoms with E-state index in [0.717, 1.165) is 0 Å². The molecule has 0 aliphatic rings. The highest BCUT2D eigenvalue weighted by Gasteiger charge is 2.17. The molecule has 7 nitrogen and oxygen atoms in total. The Balaban J connectivity index is 1.74. The van der Waals surface area contributed by atoms with Gasteiger partial charge in [0.05, 0.1) is 42.1 Å². The first-order valence-corrected chi connectivity index (χ1v) is 9.74. The van der Waals surface area contributed by atoms with Gasteiger partial charge in [0.15, 0.2) is 0 Å². The second kappa shape index (κ2) is 8.50. The Labute approximate surface area is 183 Å². The van der Waals surface area contributed by atoms with Gasteiger partial charge in [0.25, 0.3) is 11.5 Å². The minimum Gasteiger partial charge on any atom is -0.497 e. The number of aromatic nitrogens is 2. The molecule has 1 N–H and O–H groups in total. The number of rotatable bonds is 5. The second-order valence-corrected chi connectivity index (χ2v) is 7.00. The number of methoxy groups -OCH3 is 2. The topological polar surface area (TPSA) is 82.5 Å². The number of benzene rings is 3. The average molecular weight is 433 g/mol.